The minimum atomic E-state index is -0.580. The monoisotopic (exact) mass is 425 g/mol. The summed E-state index contributed by atoms with van der Waals surface area (Å²) in [6, 6.07) is 4.18. The average molecular weight is 425 g/mol. The number of carbonyl (C=O) groups is 3. The van der Waals surface area contributed by atoms with Gasteiger partial charge in [0.2, 0.25) is 0 Å². The predicted octanol–water partition coefficient (Wildman–Crippen LogP) is 2.16. The van der Waals surface area contributed by atoms with Gasteiger partial charge in [-0.05, 0) is 26.0 Å². The fourth-order valence-corrected chi connectivity index (χ4v) is 3.55. The van der Waals surface area contributed by atoms with E-state index in [4.69, 9.17) is 9.47 Å². The van der Waals surface area contributed by atoms with Crippen LogP contribution in [-0.2, 0) is 14.3 Å². The van der Waals surface area contributed by atoms with Gasteiger partial charge in [-0.3, -0.25) is 19.7 Å². The van der Waals surface area contributed by atoms with E-state index in [9.17, 15) is 24.5 Å². The van der Waals surface area contributed by atoms with Crippen molar-refractivity contribution in [2.24, 2.45) is 0 Å². The van der Waals surface area contributed by atoms with Crippen molar-refractivity contribution in [3.8, 4) is 0 Å². The first kappa shape index (κ1) is 22.5. The highest BCUT2D eigenvalue weighted by Gasteiger charge is 2.27. The largest absolute Gasteiger partial charge is 0.465 e. The SMILES string of the molecule is CCOC(=O)CSc1ccc(C(=O)N2CCN(C(=O)OCC)CC2)cc1[N+](=O)[O-]. The molecule has 1 aliphatic rings. The number of nitrogens with zero attached hydrogens (tertiary/aromatic N) is 3. The zero-order valence-electron chi connectivity index (χ0n) is 16.3. The molecule has 0 aromatic heterocycles. The standard InChI is InChI=1S/C18H23N3O7S/c1-3-27-16(22)12-29-15-6-5-13(11-14(15)21(25)26)17(23)19-7-9-20(10-8-19)18(24)28-4-2/h5-6,11H,3-4,7-10,12H2,1-2H3. The number of hydrogen-bond acceptors (Lipinski definition) is 8. The van der Waals surface area contributed by atoms with Crippen molar-refractivity contribution in [2.75, 3.05) is 45.1 Å². The average Bonchev–Trinajstić information content (AvgIpc) is 2.72. The molecule has 158 valence electrons. The van der Waals surface area contributed by atoms with Crippen molar-refractivity contribution in [3.05, 3.63) is 33.9 Å². The van der Waals surface area contributed by atoms with Crippen LogP contribution in [0.4, 0.5) is 10.5 Å². The number of thioether (sulfide) groups is 1. The summed E-state index contributed by atoms with van der Waals surface area (Å²) in [4.78, 5) is 50.1. The number of amides is 2. The van der Waals surface area contributed by atoms with Crippen LogP contribution in [-0.4, -0.2) is 77.8 Å². The molecule has 1 aromatic rings. The molecule has 29 heavy (non-hydrogen) atoms. The van der Waals surface area contributed by atoms with E-state index in [1.54, 1.807) is 18.7 Å². The summed E-state index contributed by atoms with van der Waals surface area (Å²) < 4.78 is 9.76. The van der Waals surface area contributed by atoms with Gasteiger partial charge in [0.1, 0.15) is 0 Å². The van der Waals surface area contributed by atoms with Crippen LogP contribution in [0.25, 0.3) is 0 Å². The first-order valence-corrected chi connectivity index (χ1v) is 10.1. The smallest absolute Gasteiger partial charge is 0.409 e. The molecular weight excluding hydrogens is 402 g/mol. The van der Waals surface area contributed by atoms with Gasteiger partial charge in [-0.2, -0.15) is 0 Å². The second-order valence-electron chi connectivity index (χ2n) is 6.01. The van der Waals surface area contributed by atoms with E-state index in [1.807, 2.05) is 0 Å². The lowest BCUT2D eigenvalue weighted by Crippen LogP contribution is -2.50. The first-order valence-electron chi connectivity index (χ1n) is 9.15. The van der Waals surface area contributed by atoms with Gasteiger partial charge in [-0.1, -0.05) is 0 Å². The van der Waals surface area contributed by atoms with E-state index in [1.165, 1.54) is 23.1 Å². The van der Waals surface area contributed by atoms with E-state index >= 15 is 0 Å². The molecule has 1 fully saturated rings. The predicted molar refractivity (Wildman–Crippen MR) is 105 cm³/mol. The highest BCUT2D eigenvalue weighted by Crippen LogP contribution is 2.30. The maximum atomic E-state index is 12.7. The quantitative estimate of drug-likeness (QED) is 0.282. The molecule has 1 saturated heterocycles. The molecule has 0 saturated carbocycles. The van der Waals surface area contributed by atoms with Crippen LogP contribution in [0, 0.1) is 10.1 Å². The number of nitro groups is 1. The maximum absolute atomic E-state index is 12.7. The number of rotatable bonds is 7. The van der Waals surface area contributed by atoms with Crippen LogP contribution < -0.4 is 0 Å². The Kier molecular flexibility index (Phi) is 8.25. The van der Waals surface area contributed by atoms with Crippen molar-refractivity contribution >= 4 is 35.4 Å². The van der Waals surface area contributed by atoms with E-state index in [2.05, 4.69) is 0 Å². The number of piperazine rings is 1. The van der Waals surface area contributed by atoms with Crippen molar-refractivity contribution in [3.63, 3.8) is 0 Å². The minimum Gasteiger partial charge on any atom is -0.465 e. The second kappa shape index (κ2) is 10.6. The lowest BCUT2D eigenvalue weighted by atomic mass is 10.1. The van der Waals surface area contributed by atoms with Crippen molar-refractivity contribution < 1.29 is 28.8 Å². The van der Waals surface area contributed by atoms with Crippen LogP contribution in [0.3, 0.4) is 0 Å². The van der Waals surface area contributed by atoms with E-state index in [0.717, 1.165) is 11.8 Å². The van der Waals surface area contributed by atoms with Crippen LogP contribution in [0.15, 0.2) is 23.1 Å². The molecule has 0 N–H and O–H groups in total. The first-order chi connectivity index (χ1) is 13.9. The van der Waals surface area contributed by atoms with Gasteiger partial charge in [-0.15, -0.1) is 11.8 Å². The third-order valence-corrected chi connectivity index (χ3v) is 5.18. The van der Waals surface area contributed by atoms with Gasteiger partial charge in [-0.25, -0.2) is 4.79 Å². The Labute approximate surface area is 172 Å². The molecule has 1 aliphatic heterocycles. The van der Waals surface area contributed by atoms with Gasteiger partial charge in [0, 0.05) is 37.8 Å². The van der Waals surface area contributed by atoms with E-state index < -0.39 is 17.0 Å². The molecule has 2 rings (SSSR count). The Hall–Kier alpha value is -2.82. The zero-order valence-corrected chi connectivity index (χ0v) is 17.1. The number of carbonyl (C=O) groups excluding carboxylic acids is 3. The van der Waals surface area contributed by atoms with Gasteiger partial charge in [0.05, 0.1) is 28.8 Å². The fraction of sp³-hybridized carbons (Fsp3) is 0.500. The summed E-state index contributed by atoms with van der Waals surface area (Å²) in [7, 11) is 0. The van der Waals surface area contributed by atoms with Gasteiger partial charge >= 0.3 is 12.1 Å². The van der Waals surface area contributed by atoms with Crippen molar-refractivity contribution in [2.45, 2.75) is 18.7 Å². The van der Waals surface area contributed by atoms with Crippen LogP contribution in [0.2, 0.25) is 0 Å². The number of hydrogen-bond donors (Lipinski definition) is 0. The molecule has 0 radical (unpaired) electrons. The molecule has 0 aliphatic carbocycles. The number of nitro benzene ring substituents is 1. The molecule has 0 bridgehead atoms. The van der Waals surface area contributed by atoms with Crippen LogP contribution >= 0.6 is 11.8 Å². The number of esters is 1. The van der Waals surface area contributed by atoms with Crippen LogP contribution in [0.1, 0.15) is 24.2 Å². The van der Waals surface area contributed by atoms with Gasteiger partial charge in [0.25, 0.3) is 11.6 Å². The molecule has 2 amide bonds. The molecule has 1 heterocycles. The molecule has 0 atom stereocenters. The lowest BCUT2D eigenvalue weighted by molar-refractivity contribution is -0.387. The number of ether oxygens (including phenoxy) is 2. The van der Waals surface area contributed by atoms with Crippen molar-refractivity contribution in [1.29, 1.82) is 0 Å². The second-order valence-corrected chi connectivity index (χ2v) is 7.03. The summed E-state index contributed by atoms with van der Waals surface area (Å²) in [6.45, 7) is 5.20. The molecule has 11 heteroatoms. The normalized spacial score (nSPS) is 13.7. The molecule has 0 spiro atoms. The zero-order chi connectivity index (χ0) is 21.4. The summed E-state index contributed by atoms with van der Waals surface area (Å²) in [6.07, 6.45) is -0.418. The summed E-state index contributed by atoms with van der Waals surface area (Å²) in [5, 5.41) is 11.4. The topological polar surface area (TPSA) is 119 Å². The number of benzene rings is 1. The van der Waals surface area contributed by atoms with E-state index in [0.29, 0.717) is 26.2 Å². The minimum absolute atomic E-state index is 0.0577. The molecule has 1 aromatic carbocycles. The fourth-order valence-electron chi connectivity index (χ4n) is 2.74. The Morgan fingerprint density at radius 1 is 1.07 bits per heavy atom. The maximum Gasteiger partial charge on any atom is 0.409 e. The van der Waals surface area contributed by atoms with Gasteiger partial charge in [0.15, 0.2) is 0 Å². The highest BCUT2D eigenvalue weighted by molar-refractivity contribution is 8.00. The Bertz CT molecular complexity index is 779. The van der Waals surface area contributed by atoms with Crippen LogP contribution in [0.5, 0.6) is 0 Å². The highest BCUT2D eigenvalue weighted by atomic mass is 32.2. The molecular formula is C18H23N3O7S. The lowest BCUT2D eigenvalue weighted by Gasteiger charge is -2.34. The Morgan fingerprint density at radius 2 is 1.69 bits per heavy atom. The van der Waals surface area contributed by atoms with E-state index in [-0.39, 0.29) is 41.0 Å². The van der Waals surface area contributed by atoms with Gasteiger partial charge < -0.3 is 19.3 Å². The van der Waals surface area contributed by atoms with Crippen molar-refractivity contribution in [1.82, 2.24) is 9.80 Å². The third kappa shape index (κ3) is 6.08. The molecule has 10 nitrogen and oxygen atoms in total. The Balaban J connectivity index is 2.05. The Morgan fingerprint density at radius 3 is 2.28 bits per heavy atom. The summed E-state index contributed by atoms with van der Waals surface area (Å²) in [5.74, 6) is -0.873. The molecule has 0 unspecified atom stereocenters. The summed E-state index contributed by atoms with van der Waals surface area (Å²) in [5.41, 5.74) is -0.0583. The third-order valence-electron chi connectivity index (χ3n) is 4.15. The summed E-state index contributed by atoms with van der Waals surface area (Å²) >= 11 is 0.988.